The molecule has 5 aromatic rings. The van der Waals surface area contributed by atoms with E-state index in [1.807, 2.05) is 6.07 Å². The van der Waals surface area contributed by atoms with E-state index in [1.165, 1.54) is 17.7 Å². The van der Waals surface area contributed by atoms with Crippen molar-refractivity contribution in [3.63, 3.8) is 0 Å². The minimum Gasteiger partial charge on any atom is -0.481 e. The molecule has 0 unspecified atom stereocenters. The molecule has 1 saturated carbocycles. The van der Waals surface area contributed by atoms with Crippen molar-refractivity contribution in [2.45, 2.75) is 38.6 Å². The molecule has 0 spiro atoms. The van der Waals surface area contributed by atoms with Crippen molar-refractivity contribution in [1.82, 2.24) is 9.55 Å². The Hall–Kier alpha value is -4.00. The van der Waals surface area contributed by atoms with Gasteiger partial charge >= 0.3 is 11.6 Å². The van der Waals surface area contributed by atoms with Crippen LogP contribution in [0.2, 0.25) is 0 Å². The smallest absolute Gasteiger partial charge is 0.362 e. The van der Waals surface area contributed by atoms with E-state index in [-0.39, 0.29) is 18.7 Å². The van der Waals surface area contributed by atoms with E-state index in [0.717, 1.165) is 40.1 Å². The Bertz CT molecular complexity index is 1690. The number of benzene rings is 2. The highest BCUT2D eigenvalue weighted by Crippen LogP contribution is 2.44. The number of carboxylic acid groups (broad SMARTS) is 1. The first kappa shape index (κ1) is 20.6. The molecule has 1 N–H and O–H groups in total. The van der Waals surface area contributed by atoms with Crippen molar-refractivity contribution < 1.29 is 18.7 Å². The van der Waals surface area contributed by atoms with Crippen LogP contribution in [0.15, 0.2) is 57.9 Å². The standard InChI is InChI=1S/C27H21FN2O4/c1-14-9-22-20(12-19(14)16-5-6-16)24-18-3-2-8-29-26(18)34-27(33)25(24)30(22)13-17-10-15(11-23(31)32)4-7-21(17)28/h2-4,7-10,12,16H,5-6,11,13H2,1H3,(H,31,32). The Morgan fingerprint density at radius 2 is 2.03 bits per heavy atom. The Morgan fingerprint density at radius 1 is 1.21 bits per heavy atom. The SMILES string of the molecule is Cc1cc2c(cc1C1CC1)c1c3cccnc3oc(=O)c1n2Cc1cc(CC(=O)O)ccc1F. The van der Waals surface area contributed by atoms with Crippen LogP contribution in [0.3, 0.4) is 0 Å². The predicted octanol–water partition coefficient (Wildman–Crippen LogP) is 5.30. The van der Waals surface area contributed by atoms with E-state index in [2.05, 4.69) is 24.0 Å². The van der Waals surface area contributed by atoms with Crippen LogP contribution in [0.4, 0.5) is 4.39 Å². The topological polar surface area (TPSA) is 85.3 Å². The van der Waals surface area contributed by atoms with Gasteiger partial charge in [0.25, 0.3) is 0 Å². The van der Waals surface area contributed by atoms with Gasteiger partial charge in [0, 0.05) is 33.4 Å². The van der Waals surface area contributed by atoms with Crippen LogP contribution >= 0.6 is 0 Å². The lowest BCUT2D eigenvalue weighted by molar-refractivity contribution is -0.136. The van der Waals surface area contributed by atoms with Crippen LogP contribution in [0.1, 0.15) is 41.0 Å². The van der Waals surface area contributed by atoms with Gasteiger partial charge in [-0.15, -0.1) is 0 Å². The normalized spacial score (nSPS) is 13.8. The van der Waals surface area contributed by atoms with Crippen molar-refractivity contribution in [2.75, 3.05) is 0 Å². The second-order valence-electron chi connectivity index (χ2n) is 9.05. The maximum absolute atomic E-state index is 14.8. The summed E-state index contributed by atoms with van der Waals surface area (Å²) >= 11 is 0. The second-order valence-corrected chi connectivity index (χ2v) is 9.05. The molecule has 0 amide bonds. The van der Waals surface area contributed by atoms with Gasteiger partial charge in [0.1, 0.15) is 11.3 Å². The first-order valence-corrected chi connectivity index (χ1v) is 11.2. The first-order chi connectivity index (χ1) is 16.4. The summed E-state index contributed by atoms with van der Waals surface area (Å²) < 4.78 is 22.2. The number of hydrogen-bond donors (Lipinski definition) is 1. The van der Waals surface area contributed by atoms with Gasteiger partial charge in [-0.2, -0.15) is 0 Å². The Kier molecular flexibility index (Phi) is 4.55. The number of pyridine rings is 1. The molecule has 0 saturated heterocycles. The fourth-order valence-electron chi connectivity index (χ4n) is 5.00. The highest BCUT2D eigenvalue weighted by molar-refractivity contribution is 6.18. The number of hydrogen-bond acceptors (Lipinski definition) is 4. The van der Waals surface area contributed by atoms with Crippen LogP contribution in [0.25, 0.3) is 32.9 Å². The fraction of sp³-hybridized carbons (Fsp3) is 0.222. The van der Waals surface area contributed by atoms with Crippen molar-refractivity contribution in [1.29, 1.82) is 0 Å². The molecule has 3 heterocycles. The molecule has 1 fully saturated rings. The fourth-order valence-corrected chi connectivity index (χ4v) is 5.00. The van der Waals surface area contributed by atoms with E-state index in [1.54, 1.807) is 22.9 Å². The van der Waals surface area contributed by atoms with E-state index >= 15 is 0 Å². The zero-order valence-corrected chi connectivity index (χ0v) is 18.5. The number of rotatable bonds is 5. The molecule has 7 heteroatoms. The van der Waals surface area contributed by atoms with Gasteiger partial charge in [-0.25, -0.2) is 14.2 Å². The first-order valence-electron chi connectivity index (χ1n) is 11.2. The summed E-state index contributed by atoms with van der Waals surface area (Å²) in [4.78, 5) is 28.6. The molecular weight excluding hydrogens is 435 g/mol. The minimum atomic E-state index is -0.989. The van der Waals surface area contributed by atoms with Gasteiger partial charge in [-0.1, -0.05) is 12.1 Å². The summed E-state index contributed by atoms with van der Waals surface area (Å²) in [5.41, 5.74) is 4.10. The molecular formula is C27H21FN2O4. The second kappa shape index (κ2) is 7.52. The van der Waals surface area contributed by atoms with Crippen LogP contribution in [0, 0.1) is 12.7 Å². The average Bonchev–Trinajstić information content (AvgIpc) is 3.59. The lowest BCUT2D eigenvalue weighted by Gasteiger charge is -2.11. The summed E-state index contributed by atoms with van der Waals surface area (Å²) in [6, 6.07) is 12.2. The Morgan fingerprint density at radius 3 is 2.79 bits per heavy atom. The minimum absolute atomic E-state index is 0.0675. The maximum atomic E-state index is 14.8. The molecule has 34 heavy (non-hydrogen) atoms. The molecule has 6 rings (SSSR count). The zero-order chi connectivity index (χ0) is 23.6. The van der Waals surface area contributed by atoms with Gasteiger partial charge in [0.2, 0.25) is 5.71 Å². The summed E-state index contributed by atoms with van der Waals surface area (Å²) in [6.07, 6.45) is 3.68. The number of aryl methyl sites for hydroxylation is 1. The number of nitrogens with zero attached hydrogens (tertiary/aromatic N) is 2. The van der Waals surface area contributed by atoms with Gasteiger partial charge in [-0.3, -0.25) is 4.79 Å². The Labute approximate surface area is 193 Å². The van der Waals surface area contributed by atoms with Crippen LogP contribution < -0.4 is 5.63 Å². The molecule has 2 aromatic carbocycles. The van der Waals surface area contributed by atoms with Gasteiger partial charge < -0.3 is 14.1 Å². The van der Waals surface area contributed by atoms with E-state index in [0.29, 0.717) is 22.6 Å². The quantitative estimate of drug-likeness (QED) is 0.388. The van der Waals surface area contributed by atoms with Crippen molar-refractivity contribution in [3.05, 3.63) is 87.2 Å². The lowest BCUT2D eigenvalue weighted by Crippen LogP contribution is -2.10. The molecule has 170 valence electrons. The molecule has 0 aliphatic heterocycles. The zero-order valence-electron chi connectivity index (χ0n) is 18.5. The van der Waals surface area contributed by atoms with Crippen molar-refractivity contribution >= 4 is 38.9 Å². The molecule has 1 aliphatic rings. The highest BCUT2D eigenvalue weighted by atomic mass is 19.1. The number of aliphatic carboxylic acids is 1. The summed E-state index contributed by atoms with van der Waals surface area (Å²) in [6.45, 7) is 2.13. The summed E-state index contributed by atoms with van der Waals surface area (Å²) in [5.74, 6) is -0.919. The predicted molar refractivity (Wildman–Crippen MR) is 127 cm³/mol. The molecule has 0 bridgehead atoms. The van der Waals surface area contributed by atoms with Crippen LogP contribution in [-0.4, -0.2) is 20.6 Å². The maximum Gasteiger partial charge on any atom is 0.362 e. The third-order valence-corrected chi connectivity index (χ3v) is 6.69. The summed E-state index contributed by atoms with van der Waals surface area (Å²) in [7, 11) is 0. The number of halogens is 1. The van der Waals surface area contributed by atoms with Crippen LogP contribution in [-0.2, 0) is 17.8 Å². The molecule has 3 aromatic heterocycles. The lowest BCUT2D eigenvalue weighted by atomic mass is 10.00. The third kappa shape index (κ3) is 3.27. The van der Waals surface area contributed by atoms with E-state index in [4.69, 9.17) is 9.52 Å². The van der Waals surface area contributed by atoms with Crippen molar-refractivity contribution in [2.24, 2.45) is 0 Å². The summed E-state index contributed by atoms with van der Waals surface area (Å²) in [5, 5.41) is 11.5. The average molecular weight is 456 g/mol. The molecule has 6 nitrogen and oxygen atoms in total. The number of carbonyl (C=O) groups is 1. The number of aromatic nitrogens is 2. The van der Waals surface area contributed by atoms with Crippen LogP contribution in [0.5, 0.6) is 0 Å². The molecule has 0 radical (unpaired) electrons. The number of carboxylic acids is 1. The van der Waals surface area contributed by atoms with Gasteiger partial charge in [-0.05, 0) is 72.7 Å². The monoisotopic (exact) mass is 456 g/mol. The van der Waals surface area contributed by atoms with E-state index in [9.17, 15) is 14.0 Å². The van der Waals surface area contributed by atoms with Crippen molar-refractivity contribution in [3.8, 4) is 0 Å². The van der Waals surface area contributed by atoms with E-state index < -0.39 is 17.4 Å². The molecule has 0 atom stereocenters. The Balaban J connectivity index is 1.67. The molecule has 1 aliphatic carbocycles. The van der Waals surface area contributed by atoms with Gasteiger partial charge in [0.15, 0.2) is 0 Å². The largest absolute Gasteiger partial charge is 0.481 e. The number of fused-ring (bicyclic) bond motifs is 5. The highest BCUT2D eigenvalue weighted by Gasteiger charge is 2.27. The third-order valence-electron chi connectivity index (χ3n) is 6.69. The van der Waals surface area contributed by atoms with Gasteiger partial charge in [0.05, 0.1) is 13.0 Å².